The first-order valence-corrected chi connectivity index (χ1v) is 4.74. The Morgan fingerprint density at radius 3 is 3.00 bits per heavy atom. The van der Waals surface area contributed by atoms with Crippen LogP contribution in [0.4, 0.5) is 0 Å². The summed E-state index contributed by atoms with van der Waals surface area (Å²) < 4.78 is 5.32. The highest BCUT2D eigenvalue weighted by molar-refractivity contribution is 4.88. The summed E-state index contributed by atoms with van der Waals surface area (Å²) in [6.07, 6.45) is 6.21. The normalized spacial score (nSPS) is 27.4. The SMILES string of the molecule is C#CCNCCNC1(C)CCOC1. The molecule has 0 radical (unpaired) electrons. The lowest BCUT2D eigenvalue weighted by Gasteiger charge is -2.23. The Morgan fingerprint density at radius 2 is 2.38 bits per heavy atom. The number of rotatable bonds is 5. The van der Waals surface area contributed by atoms with Gasteiger partial charge in [-0.2, -0.15) is 0 Å². The van der Waals surface area contributed by atoms with Gasteiger partial charge in [0, 0.05) is 25.2 Å². The van der Waals surface area contributed by atoms with E-state index >= 15 is 0 Å². The first kappa shape index (κ1) is 10.5. The van der Waals surface area contributed by atoms with Gasteiger partial charge >= 0.3 is 0 Å². The van der Waals surface area contributed by atoms with Crippen LogP contribution in [0.3, 0.4) is 0 Å². The van der Waals surface area contributed by atoms with Crippen molar-refractivity contribution in [1.82, 2.24) is 10.6 Å². The van der Waals surface area contributed by atoms with Gasteiger partial charge in [-0.25, -0.2) is 0 Å². The van der Waals surface area contributed by atoms with Crippen molar-refractivity contribution in [3.63, 3.8) is 0 Å². The van der Waals surface area contributed by atoms with Gasteiger partial charge in [-0.05, 0) is 13.3 Å². The lowest BCUT2D eigenvalue weighted by atomic mass is 10.0. The van der Waals surface area contributed by atoms with E-state index in [0.717, 1.165) is 32.7 Å². The molecule has 74 valence electrons. The van der Waals surface area contributed by atoms with E-state index in [2.05, 4.69) is 23.5 Å². The van der Waals surface area contributed by atoms with E-state index < -0.39 is 0 Å². The quantitative estimate of drug-likeness (QED) is 0.463. The maximum atomic E-state index is 5.32. The molecule has 1 aliphatic rings. The van der Waals surface area contributed by atoms with Crippen molar-refractivity contribution in [3.05, 3.63) is 0 Å². The number of hydrogen-bond acceptors (Lipinski definition) is 3. The Bertz CT molecular complexity index is 180. The van der Waals surface area contributed by atoms with E-state index in [-0.39, 0.29) is 5.54 Å². The first-order chi connectivity index (χ1) is 6.27. The molecule has 1 atom stereocenters. The minimum absolute atomic E-state index is 0.178. The van der Waals surface area contributed by atoms with Gasteiger partial charge in [-0.1, -0.05) is 5.92 Å². The van der Waals surface area contributed by atoms with E-state index in [9.17, 15) is 0 Å². The highest BCUT2D eigenvalue weighted by Crippen LogP contribution is 2.16. The van der Waals surface area contributed by atoms with Gasteiger partial charge < -0.3 is 15.4 Å². The fourth-order valence-electron chi connectivity index (χ4n) is 1.42. The van der Waals surface area contributed by atoms with Crippen molar-refractivity contribution in [1.29, 1.82) is 0 Å². The Morgan fingerprint density at radius 1 is 1.54 bits per heavy atom. The molecule has 1 rings (SSSR count). The largest absolute Gasteiger partial charge is 0.379 e. The molecular weight excluding hydrogens is 164 g/mol. The van der Waals surface area contributed by atoms with Crippen molar-refractivity contribution in [3.8, 4) is 12.3 Å². The number of nitrogens with one attached hydrogen (secondary N) is 2. The summed E-state index contributed by atoms with van der Waals surface area (Å²) in [7, 11) is 0. The van der Waals surface area contributed by atoms with Crippen molar-refractivity contribution in [2.24, 2.45) is 0 Å². The average molecular weight is 182 g/mol. The molecule has 3 nitrogen and oxygen atoms in total. The molecule has 0 bridgehead atoms. The monoisotopic (exact) mass is 182 g/mol. The standard InChI is InChI=1S/C10H18N2O/c1-3-5-11-6-7-12-10(2)4-8-13-9-10/h1,11-12H,4-9H2,2H3. The van der Waals surface area contributed by atoms with Gasteiger partial charge in [-0.15, -0.1) is 6.42 Å². The van der Waals surface area contributed by atoms with Crippen LogP contribution in [0.15, 0.2) is 0 Å². The van der Waals surface area contributed by atoms with Gasteiger partial charge in [0.25, 0.3) is 0 Å². The topological polar surface area (TPSA) is 33.3 Å². The maximum Gasteiger partial charge on any atom is 0.0646 e. The second kappa shape index (κ2) is 5.23. The Kier molecular flexibility index (Phi) is 4.23. The Labute approximate surface area is 80.2 Å². The van der Waals surface area contributed by atoms with E-state index in [1.54, 1.807) is 0 Å². The zero-order valence-corrected chi connectivity index (χ0v) is 8.23. The van der Waals surface area contributed by atoms with E-state index in [1.807, 2.05) is 0 Å². The zero-order chi connectivity index (χ0) is 9.57. The van der Waals surface area contributed by atoms with E-state index in [1.165, 1.54) is 0 Å². The first-order valence-electron chi connectivity index (χ1n) is 4.74. The predicted molar refractivity (Wildman–Crippen MR) is 53.5 cm³/mol. The van der Waals surface area contributed by atoms with Crippen molar-refractivity contribution in [2.75, 3.05) is 32.8 Å². The van der Waals surface area contributed by atoms with Crippen LogP contribution in [0.1, 0.15) is 13.3 Å². The lowest BCUT2D eigenvalue weighted by Crippen LogP contribution is -2.45. The second-order valence-corrected chi connectivity index (χ2v) is 3.67. The summed E-state index contributed by atoms with van der Waals surface area (Å²) >= 11 is 0. The molecule has 1 saturated heterocycles. The van der Waals surface area contributed by atoms with Crippen LogP contribution in [-0.2, 0) is 4.74 Å². The summed E-state index contributed by atoms with van der Waals surface area (Å²) in [5, 5.41) is 6.60. The minimum atomic E-state index is 0.178. The molecule has 0 aromatic carbocycles. The molecule has 1 heterocycles. The highest BCUT2D eigenvalue weighted by Gasteiger charge is 2.28. The van der Waals surface area contributed by atoms with Crippen molar-refractivity contribution >= 4 is 0 Å². The number of hydrogen-bond donors (Lipinski definition) is 2. The second-order valence-electron chi connectivity index (χ2n) is 3.67. The Hall–Kier alpha value is -0.560. The smallest absolute Gasteiger partial charge is 0.0646 e. The highest BCUT2D eigenvalue weighted by atomic mass is 16.5. The van der Waals surface area contributed by atoms with Gasteiger partial charge in [0.05, 0.1) is 13.2 Å². The van der Waals surface area contributed by atoms with E-state index in [0.29, 0.717) is 6.54 Å². The molecule has 3 heteroatoms. The molecule has 0 aromatic heterocycles. The molecule has 2 N–H and O–H groups in total. The van der Waals surface area contributed by atoms with Crippen LogP contribution in [0.2, 0.25) is 0 Å². The molecule has 0 aromatic rings. The summed E-state index contributed by atoms with van der Waals surface area (Å²) in [6.45, 7) is 6.40. The Balaban J connectivity index is 2.02. The molecule has 1 fully saturated rings. The predicted octanol–water partition coefficient (Wildman–Crippen LogP) is -0.0222. The van der Waals surface area contributed by atoms with Crippen LogP contribution in [0.5, 0.6) is 0 Å². The van der Waals surface area contributed by atoms with Crippen LogP contribution >= 0.6 is 0 Å². The zero-order valence-electron chi connectivity index (χ0n) is 8.23. The van der Waals surface area contributed by atoms with Gasteiger partial charge in [0.2, 0.25) is 0 Å². The molecule has 0 aliphatic carbocycles. The van der Waals surface area contributed by atoms with Crippen LogP contribution in [0, 0.1) is 12.3 Å². The van der Waals surface area contributed by atoms with Gasteiger partial charge in [0.15, 0.2) is 0 Å². The third kappa shape index (κ3) is 3.77. The summed E-state index contributed by atoms with van der Waals surface area (Å²) in [4.78, 5) is 0. The van der Waals surface area contributed by atoms with Crippen LogP contribution < -0.4 is 10.6 Å². The fourth-order valence-corrected chi connectivity index (χ4v) is 1.42. The summed E-state index contributed by atoms with van der Waals surface area (Å²) in [5.74, 6) is 2.54. The average Bonchev–Trinajstić information content (AvgIpc) is 2.53. The molecule has 1 aliphatic heterocycles. The molecule has 13 heavy (non-hydrogen) atoms. The third-order valence-electron chi connectivity index (χ3n) is 2.30. The third-order valence-corrected chi connectivity index (χ3v) is 2.30. The summed E-state index contributed by atoms with van der Waals surface area (Å²) in [6, 6.07) is 0. The van der Waals surface area contributed by atoms with Gasteiger partial charge in [0.1, 0.15) is 0 Å². The summed E-state index contributed by atoms with van der Waals surface area (Å²) in [5.41, 5.74) is 0.178. The van der Waals surface area contributed by atoms with E-state index in [4.69, 9.17) is 11.2 Å². The molecule has 0 amide bonds. The number of terminal acetylenes is 1. The van der Waals surface area contributed by atoms with Gasteiger partial charge in [-0.3, -0.25) is 0 Å². The maximum absolute atomic E-state index is 5.32. The van der Waals surface area contributed by atoms with Crippen molar-refractivity contribution in [2.45, 2.75) is 18.9 Å². The fraction of sp³-hybridized carbons (Fsp3) is 0.800. The molecule has 1 unspecified atom stereocenters. The van der Waals surface area contributed by atoms with Crippen LogP contribution in [-0.4, -0.2) is 38.4 Å². The lowest BCUT2D eigenvalue weighted by molar-refractivity contribution is 0.172. The molecule has 0 saturated carbocycles. The number of ether oxygens (including phenoxy) is 1. The van der Waals surface area contributed by atoms with Crippen molar-refractivity contribution < 1.29 is 4.74 Å². The minimum Gasteiger partial charge on any atom is -0.379 e. The van der Waals surface area contributed by atoms with Crippen LogP contribution in [0.25, 0.3) is 0 Å². The molecule has 0 spiro atoms. The molecular formula is C10H18N2O.